The van der Waals surface area contributed by atoms with E-state index in [1.165, 1.54) is 0 Å². The zero-order valence-electron chi connectivity index (χ0n) is 60.2. The van der Waals surface area contributed by atoms with Crippen LogP contribution in [0.5, 0.6) is 5.75 Å². The monoisotopic (exact) mass is 1480 g/mol. The fourth-order valence-electron chi connectivity index (χ4n) is 13.2. The normalized spacial score (nSPS) is 16.8. The molecule has 2 aliphatic rings. The van der Waals surface area contributed by atoms with Crippen LogP contribution in [-0.4, -0.2) is 264 Å². The first kappa shape index (κ1) is 84.9. The predicted molar refractivity (Wildman–Crippen MR) is 389 cm³/mol. The average Bonchev–Trinajstić information content (AvgIpc) is 0.773. The number of amides is 8. The minimum atomic E-state index is -1.45. The zero-order chi connectivity index (χ0) is 76.9. The number of carboxylic acids is 6. The molecular weight excluding hydrogens is 1380 g/mol. The van der Waals surface area contributed by atoms with Crippen molar-refractivity contribution in [2.24, 2.45) is 11.8 Å². The number of aliphatic carboxylic acids is 6. The molecular formula is C74H104N12O20. The molecule has 2 fully saturated rings. The maximum atomic E-state index is 14.4. The molecule has 1 saturated carbocycles. The Morgan fingerprint density at radius 1 is 0.472 bits per heavy atom. The molecule has 1 saturated heterocycles. The number of carboxylic acid groups (broad SMARTS) is 6. The number of rotatable bonds is 43. The van der Waals surface area contributed by atoms with Crippen molar-refractivity contribution in [2.75, 3.05) is 112 Å². The first-order chi connectivity index (χ1) is 50.8. The number of nitrogens with zero attached hydrogens (tertiary/aromatic N) is 4. The Morgan fingerprint density at radius 3 is 1.50 bits per heavy atom. The Hall–Kier alpha value is -10.0. The number of ether oxygens (including phenoxy) is 1. The van der Waals surface area contributed by atoms with Crippen LogP contribution in [-0.2, 0) is 70.4 Å². The summed E-state index contributed by atoms with van der Waals surface area (Å²) in [6.07, 6.45) is 4.41. The third-order valence-corrected chi connectivity index (χ3v) is 19.0. The molecule has 1 heterocycles. The standard InChI is InChI=1S/C74H104N12O20/c1-106-55-28-24-49(25-29-55)12-10-20-62(87)78-44-64(89)79-54(15-6-8-30-75-65(90)45-83-32-34-84(46-67(93)94)36-38-86(48-69(97)98)39-37-85(35-33-83)47-68(95)96)41-63(88)77-43-50-22-26-51(27-23-50)70(99)80-61(42-58-56-16-4-2-13-52(56)40-53-14-3-5-17-57(53)58)71(100)76-31-9-7-18-59(72(101)102)81-74(105)82-60(73(103)104)19-11-21-66(91)92/h2-5,13-14,16-17,24-25,28-29,40,50-51,54,59-61H,6-12,15,18-23,26-27,30-39,41-48H2,1H3,(H,75,90)(H,76,100)(H,77,88)(H,78,87)(H,79,89)(H,80,99)(H,91,92)(H,93,94)(H,95,96)(H,97,98)(H,101,102)(H,103,104)(H2,81,82,105)/t50?,51?,54-,59-,60-,61-/m0/s1. The highest BCUT2D eigenvalue weighted by Crippen LogP contribution is 2.32. The van der Waals surface area contributed by atoms with E-state index in [2.05, 4.69) is 48.6 Å². The summed E-state index contributed by atoms with van der Waals surface area (Å²) in [5, 5.41) is 82.7. The van der Waals surface area contributed by atoms with Gasteiger partial charge in [0.25, 0.3) is 0 Å². The van der Waals surface area contributed by atoms with E-state index in [4.69, 9.17) is 9.84 Å². The lowest BCUT2D eigenvalue weighted by molar-refractivity contribution is -0.141. The Kier molecular flexibility index (Phi) is 36.3. The van der Waals surface area contributed by atoms with E-state index in [1.54, 1.807) is 21.8 Å². The lowest BCUT2D eigenvalue weighted by atomic mass is 9.81. The number of fused-ring (bicyclic) bond motifs is 2. The second kappa shape index (κ2) is 45.3. The summed E-state index contributed by atoms with van der Waals surface area (Å²) in [6.45, 7) is 1.11. The summed E-state index contributed by atoms with van der Waals surface area (Å²) in [4.78, 5) is 172. The molecule has 106 heavy (non-hydrogen) atoms. The molecule has 0 radical (unpaired) electrons. The average molecular weight is 1480 g/mol. The fraction of sp³-hybridized carbons (Fsp3) is 0.554. The second-order valence-corrected chi connectivity index (χ2v) is 27.1. The molecule has 4 aromatic rings. The first-order valence-electron chi connectivity index (χ1n) is 36.3. The largest absolute Gasteiger partial charge is 0.497 e. The number of carbonyl (C=O) groups excluding carboxylic acids is 7. The van der Waals surface area contributed by atoms with Gasteiger partial charge in [0.05, 0.1) is 39.8 Å². The van der Waals surface area contributed by atoms with E-state index in [0.29, 0.717) is 63.5 Å². The number of hydrogen-bond acceptors (Lipinski definition) is 18. The van der Waals surface area contributed by atoms with Crippen LogP contribution in [0.4, 0.5) is 4.79 Å². The van der Waals surface area contributed by atoms with E-state index in [0.717, 1.165) is 32.7 Å². The van der Waals surface area contributed by atoms with Crippen LogP contribution in [0.25, 0.3) is 21.5 Å². The Balaban J connectivity index is 1.03. The summed E-state index contributed by atoms with van der Waals surface area (Å²) in [5.41, 5.74) is 1.86. The van der Waals surface area contributed by atoms with Crippen molar-refractivity contribution >= 4 is 98.8 Å². The van der Waals surface area contributed by atoms with Crippen molar-refractivity contribution in [1.29, 1.82) is 0 Å². The quantitative estimate of drug-likeness (QED) is 0.0224. The number of benzene rings is 4. The van der Waals surface area contributed by atoms with Gasteiger partial charge in [-0.3, -0.25) is 67.5 Å². The topological polar surface area (TPSA) is 462 Å². The van der Waals surface area contributed by atoms with Gasteiger partial charge in [0.2, 0.25) is 35.4 Å². The highest BCUT2D eigenvalue weighted by Gasteiger charge is 2.32. The number of hydrogen-bond donors (Lipinski definition) is 14. The Labute approximate surface area is 615 Å². The second-order valence-electron chi connectivity index (χ2n) is 27.1. The SMILES string of the molecule is COc1ccc(CCCC(=O)NCC(=O)N[C@@H](CCCCNC(=O)CN2CCN(CC(=O)O)CCN(CC(=O)O)CCN(CC(=O)O)CC2)CC(=O)NCC2CCC(C(=O)N[C@@H](Cc3c4ccccc4cc4ccccc34)C(=O)NCCCC[C@H](NC(=O)N[C@@H](CCCC(=O)O)C(=O)O)C(=O)O)CC2)cc1. The number of aryl methyl sites for hydroxylation is 1. The van der Waals surface area contributed by atoms with Crippen molar-refractivity contribution in [3.05, 3.63) is 90.0 Å². The molecule has 32 nitrogen and oxygen atoms in total. The smallest absolute Gasteiger partial charge is 0.326 e. The molecule has 32 heteroatoms. The van der Waals surface area contributed by atoms with E-state index in [-0.39, 0.29) is 192 Å². The molecule has 8 amide bonds. The van der Waals surface area contributed by atoms with Crippen molar-refractivity contribution in [3.8, 4) is 5.75 Å². The number of methoxy groups -OCH3 is 1. The predicted octanol–water partition coefficient (Wildman–Crippen LogP) is 2.47. The number of carbonyl (C=O) groups is 13. The molecule has 4 atom stereocenters. The minimum Gasteiger partial charge on any atom is -0.497 e. The third-order valence-electron chi connectivity index (χ3n) is 19.0. The summed E-state index contributed by atoms with van der Waals surface area (Å²) in [7, 11) is 1.58. The van der Waals surface area contributed by atoms with Gasteiger partial charge in [-0.1, -0.05) is 60.7 Å². The molecule has 14 N–H and O–H groups in total. The van der Waals surface area contributed by atoms with Crippen molar-refractivity contribution in [3.63, 3.8) is 0 Å². The molecule has 6 rings (SSSR count). The first-order valence-corrected chi connectivity index (χ1v) is 36.3. The molecule has 4 aromatic carbocycles. The Morgan fingerprint density at radius 2 is 0.981 bits per heavy atom. The van der Waals surface area contributed by atoms with Gasteiger partial charge in [0.15, 0.2) is 0 Å². The lowest BCUT2D eigenvalue weighted by Crippen LogP contribution is -2.51. The number of nitrogens with one attached hydrogen (secondary N) is 8. The number of urea groups is 1. The van der Waals surface area contributed by atoms with Crippen LogP contribution >= 0.6 is 0 Å². The van der Waals surface area contributed by atoms with Gasteiger partial charge in [-0.2, -0.15) is 0 Å². The highest BCUT2D eigenvalue weighted by atomic mass is 16.5. The van der Waals surface area contributed by atoms with Gasteiger partial charge < -0.3 is 77.9 Å². The van der Waals surface area contributed by atoms with Crippen molar-refractivity contribution in [2.45, 2.75) is 140 Å². The maximum Gasteiger partial charge on any atom is 0.326 e. The third kappa shape index (κ3) is 31.7. The number of unbranched alkanes of at least 4 members (excludes halogenated alkanes) is 2. The van der Waals surface area contributed by atoms with Crippen LogP contribution in [0.3, 0.4) is 0 Å². The molecule has 0 aromatic heterocycles. The van der Waals surface area contributed by atoms with Crippen molar-refractivity contribution < 1.29 is 97.7 Å². The molecule has 0 spiro atoms. The van der Waals surface area contributed by atoms with Crippen LogP contribution in [0.1, 0.15) is 114 Å². The van der Waals surface area contributed by atoms with Crippen LogP contribution < -0.4 is 47.3 Å². The zero-order valence-corrected chi connectivity index (χ0v) is 60.2. The van der Waals surface area contributed by atoms with Crippen molar-refractivity contribution in [1.82, 2.24) is 62.1 Å². The molecule has 1 aliphatic heterocycles. The summed E-state index contributed by atoms with van der Waals surface area (Å²) < 4.78 is 5.22. The van der Waals surface area contributed by atoms with Gasteiger partial charge in [-0.15, -0.1) is 0 Å². The molecule has 0 bridgehead atoms. The lowest BCUT2D eigenvalue weighted by Gasteiger charge is -2.32. The maximum absolute atomic E-state index is 14.4. The van der Waals surface area contributed by atoms with E-state index < -0.39 is 83.7 Å². The van der Waals surface area contributed by atoms with Gasteiger partial charge in [-0.05, 0) is 147 Å². The molecule has 1 aliphatic carbocycles. The van der Waals surface area contributed by atoms with Crippen LogP contribution in [0.15, 0.2) is 78.9 Å². The summed E-state index contributed by atoms with van der Waals surface area (Å²) in [6, 6.07) is 19.4. The van der Waals surface area contributed by atoms with Crippen LogP contribution in [0, 0.1) is 11.8 Å². The van der Waals surface area contributed by atoms with Gasteiger partial charge >= 0.3 is 41.8 Å². The van der Waals surface area contributed by atoms with Crippen LogP contribution in [0.2, 0.25) is 0 Å². The van der Waals surface area contributed by atoms with E-state index in [9.17, 15) is 87.9 Å². The molecule has 580 valence electrons. The van der Waals surface area contributed by atoms with Gasteiger partial charge in [0.1, 0.15) is 23.9 Å². The molecule has 0 unspecified atom stereocenters. The Bertz CT molecular complexity index is 3530. The summed E-state index contributed by atoms with van der Waals surface area (Å²) in [5.74, 6) is -9.25. The van der Waals surface area contributed by atoms with Gasteiger partial charge in [0, 0.05) is 110 Å². The minimum absolute atomic E-state index is 0.0151. The summed E-state index contributed by atoms with van der Waals surface area (Å²) >= 11 is 0. The van der Waals surface area contributed by atoms with E-state index in [1.807, 2.05) is 77.7 Å². The van der Waals surface area contributed by atoms with Gasteiger partial charge in [-0.25, -0.2) is 14.4 Å². The highest BCUT2D eigenvalue weighted by molar-refractivity contribution is 6.03. The van der Waals surface area contributed by atoms with E-state index >= 15 is 0 Å². The fourth-order valence-corrected chi connectivity index (χ4v) is 13.2.